The number of halogens is 2. The number of methoxy groups -OCH3 is 1. The number of fused-ring (bicyclic) bond motifs is 1. The summed E-state index contributed by atoms with van der Waals surface area (Å²) >= 11 is 10.4. The van der Waals surface area contributed by atoms with Crippen molar-refractivity contribution in [1.82, 2.24) is 30.0 Å². The minimum Gasteiger partial charge on any atom is -0.494 e. The number of nitrogens with zero attached hydrogens (tertiary/aromatic N) is 6. The second kappa shape index (κ2) is 18.5. The number of carbonyl (C=O) groups is 2. The molecule has 4 aromatic rings. The van der Waals surface area contributed by atoms with Gasteiger partial charge in [0.15, 0.2) is 5.82 Å². The van der Waals surface area contributed by atoms with E-state index in [2.05, 4.69) is 79.6 Å². The van der Waals surface area contributed by atoms with Crippen molar-refractivity contribution < 1.29 is 27.9 Å². The molecule has 15 nitrogen and oxygen atoms in total. The van der Waals surface area contributed by atoms with Crippen LogP contribution in [0.1, 0.15) is 42.4 Å². The molecule has 2 amide bonds. The Morgan fingerprint density at radius 1 is 0.900 bits per heavy atom. The van der Waals surface area contributed by atoms with E-state index in [1.54, 1.807) is 31.4 Å². The van der Waals surface area contributed by atoms with Crippen molar-refractivity contribution in [3.05, 3.63) is 87.0 Å². The molecule has 1 aromatic heterocycles. The van der Waals surface area contributed by atoms with Crippen LogP contribution in [-0.2, 0) is 42.8 Å². The lowest BCUT2D eigenvalue weighted by Gasteiger charge is -2.43. The Labute approximate surface area is 363 Å². The molecule has 3 fully saturated rings. The number of benzene rings is 3. The molecule has 5 heterocycles. The van der Waals surface area contributed by atoms with Crippen LogP contribution in [0.15, 0.2) is 65.3 Å². The third kappa shape index (κ3) is 9.07. The Morgan fingerprint density at radius 2 is 1.67 bits per heavy atom. The third-order valence-electron chi connectivity index (χ3n) is 12.1. The van der Waals surface area contributed by atoms with E-state index in [0.717, 1.165) is 75.4 Å². The maximum absolute atomic E-state index is 13.2. The zero-order chi connectivity index (χ0) is 42.0. The van der Waals surface area contributed by atoms with Crippen LogP contribution in [0.4, 0.5) is 28.8 Å². The Hall–Kier alpha value is -4.12. The first kappa shape index (κ1) is 42.6. The number of nitrogens with one attached hydrogen (secondary N) is 3. The number of rotatable bonds is 13. The Kier molecular flexibility index (Phi) is 13.1. The van der Waals surface area contributed by atoms with Gasteiger partial charge in [0.1, 0.15) is 10.8 Å². The zero-order valence-electron chi connectivity index (χ0n) is 34.0. The van der Waals surface area contributed by atoms with Gasteiger partial charge < -0.3 is 29.3 Å². The minimum atomic E-state index is -3.56. The summed E-state index contributed by atoms with van der Waals surface area (Å²) in [5, 5.41) is 9.56. The number of piperazine rings is 1. The summed E-state index contributed by atoms with van der Waals surface area (Å²) in [5.41, 5.74) is 6.06. The second-order valence-electron chi connectivity index (χ2n) is 15.5. The van der Waals surface area contributed by atoms with E-state index in [1.165, 1.54) is 37.1 Å². The van der Waals surface area contributed by atoms with Crippen LogP contribution >= 0.6 is 35.1 Å². The van der Waals surface area contributed by atoms with E-state index in [9.17, 15) is 14.2 Å². The fraction of sp³-hybridized carbons (Fsp3) is 0.429. The number of hydrogen-bond acceptors (Lipinski definition) is 14. The highest BCUT2D eigenvalue weighted by atomic mass is 79.9. The lowest BCUT2D eigenvalue weighted by molar-refractivity contribution is -0.137. The first-order valence-corrected chi connectivity index (χ1v) is 22.9. The first-order chi connectivity index (χ1) is 29.0. The molecule has 0 saturated carbocycles. The van der Waals surface area contributed by atoms with E-state index in [1.807, 2.05) is 12.1 Å². The molecule has 0 spiro atoms. The highest BCUT2D eigenvalue weighted by Crippen LogP contribution is 2.47. The van der Waals surface area contributed by atoms with Crippen molar-refractivity contribution in [2.75, 3.05) is 76.1 Å². The van der Waals surface area contributed by atoms with Gasteiger partial charge in [-0.3, -0.25) is 34.2 Å². The quantitative estimate of drug-likeness (QED) is 0.100. The molecule has 3 N–H and O–H groups in total. The Bertz CT molecular complexity index is 2280. The number of piperidine rings is 2. The first-order valence-electron chi connectivity index (χ1n) is 20.2. The smallest absolute Gasteiger partial charge is 0.362 e. The fourth-order valence-corrected chi connectivity index (χ4v) is 10.7. The summed E-state index contributed by atoms with van der Waals surface area (Å²) in [6.07, 6.45) is 4.64. The Balaban J connectivity index is 0.833. The number of carbonyl (C=O) groups excluding carboxylic acids is 2. The molecule has 4 aliphatic rings. The number of ether oxygens (including phenoxy) is 1. The molecule has 1 unspecified atom stereocenters. The van der Waals surface area contributed by atoms with Crippen LogP contribution in [0.5, 0.6) is 5.75 Å². The highest BCUT2D eigenvalue weighted by Gasteiger charge is 2.36. The number of amides is 2. The molecule has 3 saturated heterocycles. The maximum atomic E-state index is 13.2. The van der Waals surface area contributed by atoms with Gasteiger partial charge >= 0.3 is 7.60 Å². The summed E-state index contributed by atoms with van der Waals surface area (Å²) < 4.78 is 30.6. The summed E-state index contributed by atoms with van der Waals surface area (Å²) in [6.45, 7) is 8.35. The molecule has 3 aromatic carbocycles. The van der Waals surface area contributed by atoms with Crippen LogP contribution in [0.3, 0.4) is 0 Å². The van der Waals surface area contributed by atoms with E-state index < -0.39 is 7.60 Å². The van der Waals surface area contributed by atoms with E-state index >= 15 is 0 Å². The lowest BCUT2D eigenvalue weighted by atomic mass is 10.0. The average Bonchev–Trinajstić information content (AvgIpc) is 3.71. The normalized spacial score (nSPS) is 19.6. The topological polar surface area (TPSA) is 154 Å². The Morgan fingerprint density at radius 3 is 2.40 bits per heavy atom. The molecule has 1 atom stereocenters. The van der Waals surface area contributed by atoms with Crippen molar-refractivity contribution in [2.24, 2.45) is 0 Å². The summed E-state index contributed by atoms with van der Waals surface area (Å²) in [6, 6.07) is 17.8. The molecule has 318 valence electrons. The molecule has 18 heteroatoms. The molecule has 8 rings (SSSR count). The van der Waals surface area contributed by atoms with Gasteiger partial charge in [-0.1, -0.05) is 51.8 Å². The summed E-state index contributed by atoms with van der Waals surface area (Å²) in [7, 11) is 0.767. The van der Waals surface area contributed by atoms with Gasteiger partial charge in [0.25, 0.3) is 0 Å². The predicted molar refractivity (Wildman–Crippen MR) is 236 cm³/mol. The third-order valence-corrected chi connectivity index (χ3v) is 15.3. The van der Waals surface area contributed by atoms with Crippen molar-refractivity contribution >= 4 is 81.1 Å². The minimum absolute atomic E-state index is 0.177. The van der Waals surface area contributed by atoms with Crippen LogP contribution in [0.2, 0.25) is 5.02 Å². The van der Waals surface area contributed by atoms with Crippen molar-refractivity contribution in [1.29, 1.82) is 0 Å². The molecule has 60 heavy (non-hydrogen) atoms. The van der Waals surface area contributed by atoms with Crippen LogP contribution in [-0.4, -0.2) is 109 Å². The SMILES string of the molecule is COc1cc(N2CCC(N3CCN(Cc4ccc5c(c4Br)CN(C4CCC(=O)NC4=O)C5)CC3)CC2)ccc1Nc1ncc(Cl)c(Nc2ccccc2P(=O)(OC)OC)n1. The monoisotopic (exact) mass is 921 g/mol. The summed E-state index contributed by atoms with van der Waals surface area (Å²) in [4.78, 5) is 43.0. The number of para-hydroxylation sites is 1. The standard InChI is InChI=1S/C42H50BrClN9O6P/c1-57-36-22-30(10-11-33(36)47-42-45-23-32(44)40(49-42)46-34-6-4-5-7-37(34)60(56,58-2)59-3)51-16-14-29(15-17-51)52-20-18-50(19-21-52)24-28-9-8-27-25-53(26-31(27)39(28)43)35-12-13-38(54)48-41(35)55/h4-11,22-23,29,35H,12-21,24-26H2,1-3H3,(H,48,54,55)(H2,45,46,47,49). The largest absolute Gasteiger partial charge is 0.494 e. The zero-order valence-corrected chi connectivity index (χ0v) is 37.2. The van der Waals surface area contributed by atoms with Gasteiger partial charge in [0.05, 0.1) is 36.0 Å². The lowest BCUT2D eigenvalue weighted by Crippen LogP contribution is -2.53. The van der Waals surface area contributed by atoms with Gasteiger partial charge in [0.2, 0.25) is 17.8 Å². The molecular formula is C42H50BrClN9O6P. The molecule has 4 aliphatic heterocycles. The molecule has 0 bridgehead atoms. The summed E-state index contributed by atoms with van der Waals surface area (Å²) in [5.74, 6) is 0.916. The second-order valence-corrected chi connectivity index (χ2v) is 18.9. The molecular weight excluding hydrogens is 873 g/mol. The predicted octanol–water partition coefficient (Wildman–Crippen LogP) is 6.41. The van der Waals surface area contributed by atoms with Crippen LogP contribution < -0.4 is 30.9 Å². The van der Waals surface area contributed by atoms with E-state index in [0.29, 0.717) is 59.6 Å². The van der Waals surface area contributed by atoms with E-state index in [-0.39, 0.29) is 22.9 Å². The van der Waals surface area contributed by atoms with Crippen molar-refractivity contribution in [3.8, 4) is 5.75 Å². The van der Waals surface area contributed by atoms with Crippen LogP contribution in [0, 0.1) is 0 Å². The number of aromatic nitrogens is 2. The van der Waals surface area contributed by atoms with Gasteiger partial charge in [-0.05, 0) is 60.2 Å². The fourth-order valence-electron chi connectivity index (χ4n) is 8.73. The number of hydrogen-bond donors (Lipinski definition) is 3. The van der Waals surface area contributed by atoms with E-state index in [4.69, 9.17) is 25.4 Å². The molecule has 0 aliphatic carbocycles. The highest BCUT2D eigenvalue weighted by molar-refractivity contribution is 9.10. The van der Waals surface area contributed by atoms with Gasteiger partial charge in [-0.2, -0.15) is 4.98 Å². The molecule has 0 radical (unpaired) electrons. The van der Waals surface area contributed by atoms with Gasteiger partial charge in [-0.15, -0.1) is 0 Å². The maximum Gasteiger partial charge on any atom is 0.362 e. The average molecular weight is 923 g/mol. The van der Waals surface area contributed by atoms with Gasteiger partial charge in [0, 0.05) is 102 Å². The van der Waals surface area contributed by atoms with Gasteiger partial charge in [-0.25, -0.2) is 4.98 Å². The van der Waals surface area contributed by atoms with Crippen molar-refractivity contribution in [2.45, 2.75) is 57.4 Å². The van der Waals surface area contributed by atoms with Crippen LogP contribution in [0.25, 0.3) is 0 Å². The number of imide groups is 1. The number of anilines is 5. The van der Waals surface area contributed by atoms with Crippen molar-refractivity contribution in [3.63, 3.8) is 0 Å².